The highest BCUT2D eigenvalue weighted by Crippen LogP contribution is 2.31. The third-order valence-electron chi connectivity index (χ3n) is 7.07. The summed E-state index contributed by atoms with van der Waals surface area (Å²) in [5, 5.41) is 6.44. The van der Waals surface area contributed by atoms with Crippen LogP contribution in [0.15, 0.2) is 67.0 Å². The summed E-state index contributed by atoms with van der Waals surface area (Å²) in [5.74, 6) is -0.415. The van der Waals surface area contributed by atoms with Gasteiger partial charge in [-0.25, -0.2) is 0 Å². The number of fused-ring (bicyclic) bond motifs is 1. The number of carbonyl (C=O) groups is 3. The molecule has 1 aliphatic carbocycles. The number of hydrogen-bond acceptors (Lipinski definition) is 5. The van der Waals surface area contributed by atoms with E-state index in [1.807, 2.05) is 18.2 Å². The van der Waals surface area contributed by atoms with Crippen LogP contribution in [0.5, 0.6) is 0 Å². The van der Waals surface area contributed by atoms with Crippen molar-refractivity contribution >= 4 is 35.0 Å². The van der Waals surface area contributed by atoms with E-state index in [-0.39, 0.29) is 29.7 Å². The van der Waals surface area contributed by atoms with Crippen molar-refractivity contribution < 1.29 is 14.4 Å². The van der Waals surface area contributed by atoms with E-state index in [1.54, 1.807) is 53.7 Å². The fourth-order valence-electron chi connectivity index (χ4n) is 5.11. The minimum atomic E-state index is -0.699. The molecule has 1 saturated carbocycles. The summed E-state index contributed by atoms with van der Waals surface area (Å²) in [6, 6.07) is 15.1. The largest absolute Gasteiger partial charge is 0.348 e. The van der Waals surface area contributed by atoms with Gasteiger partial charge in [0.15, 0.2) is 0 Å². The molecule has 5 rings (SSSR count). The second-order valence-electron chi connectivity index (χ2n) is 9.58. The maximum absolute atomic E-state index is 13.7. The summed E-state index contributed by atoms with van der Waals surface area (Å²) in [7, 11) is 0. The minimum Gasteiger partial charge on any atom is -0.348 e. The smallest absolute Gasteiger partial charge is 0.270 e. The number of benzene rings is 1. The molecule has 37 heavy (non-hydrogen) atoms. The second kappa shape index (κ2) is 11.1. The number of amides is 3. The number of halogens is 1. The molecule has 1 fully saturated rings. The summed E-state index contributed by atoms with van der Waals surface area (Å²) in [4.78, 5) is 49.8. The lowest BCUT2D eigenvalue weighted by molar-refractivity contribution is -0.120. The molecule has 9 heteroatoms. The normalized spacial score (nSPS) is 21.5. The van der Waals surface area contributed by atoms with Crippen LogP contribution in [-0.2, 0) is 11.2 Å². The van der Waals surface area contributed by atoms with E-state index in [1.165, 1.54) is 0 Å². The molecule has 0 saturated heterocycles. The minimum absolute atomic E-state index is 0.0565. The van der Waals surface area contributed by atoms with Crippen LogP contribution in [0.4, 0.5) is 5.69 Å². The Labute approximate surface area is 220 Å². The topological polar surface area (TPSA) is 104 Å². The number of rotatable bonds is 6. The number of pyridine rings is 2. The fraction of sp³-hybridized carbons (Fsp3) is 0.321. The zero-order valence-electron chi connectivity index (χ0n) is 20.3. The molecule has 2 aliphatic rings. The first-order valence-corrected chi connectivity index (χ1v) is 12.9. The van der Waals surface area contributed by atoms with Gasteiger partial charge >= 0.3 is 0 Å². The molecule has 0 bridgehead atoms. The zero-order chi connectivity index (χ0) is 25.8. The Hall–Kier alpha value is -3.78. The van der Waals surface area contributed by atoms with Crippen LogP contribution in [0, 0.1) is 5.92 Å². The van der Waals surface area contributed by atoms with Crippen molar-refractivity contribution in [3.63, 3.8) is 0 Å². The number of aromatic nitrogens is 2. The van der Waals surface area contributed by atoms with Crippen molar-refractivity contribution in [2.75, 3.05) is 11.9 Å². The van der Waals surface area contributed by atoms with Gasteiger partial charge in [-0.15, -0.1) is 0 Å². The predicted molar refractivity (Wildman–Crippen MR) is 140 cm³/mol. The van der Waals surface area contributed by atoms with Gasteiger partial charge in [-0.2, -0.15) is 0 Å². The quantitative estimate of drug-likeness (QED) is 0.511. The Morgan fingerprint density at radius 3 is 2.46 bits per heavy atom. The first-order valence-electron chi connectivity index (χ1n) is 12.5. The molecule has 1 aromatic carbocycles. The molecule has 3 aromatic rings. The molecular weight excluding hydrogens is 490 g/mol. The third kappa shape index (κ3) is 5.80. The van der Waals surface area contributed by atoms with Gasteiger partial charge in [0.2, 0.25) is 5.91 Å². The Morgan fingerprint density at radius 2 is 1.76 bits per heavy atom. The molecule has 8 nitrogen and oxygen atoms in total. The van der Waals surface area contributed by atoms with Crippen molar-refractivity contribution in [1.82, 2.24) is 20.2 Å². The number of carbonyl (C=O) groups excluding carboxylic acids is 3. The third-order valence-corrected chi connectivity index (χ3v) is 7.31. The Morgan fingerprint density at radius 1 is 1.00 bits per heavy atom. The molecule has 1 aliphatic heterocycles. The van der Waals surface area contributed by atoms with Gasteiger partial charge in [0.05, 0.1) is 11.3 Å². The van der Waals surface area contributed by atoms with Gasteiger partial charge in [-0.1, -0.05) is 23.7 Å². The fourth-order valence-corrected chi connectivity index (χ4v) is 5.29. The summed E-state index contributed by atoms with van der Waals surface area (Å²) in [6.45, 7) is 0.451. The van der Waals surface area contributed by atoms with E-state index in [0.29, 0.717) is 34.9 Å². The van der Waals surface area contributed by atoms with Crippen LogP contribution < -0.4 is 10.6 Å². The SMILES string of the molecule is O=C(NC1CCC(CN2C(=O)c3ccc(Cl)cc3NC(=O)[C@H]2Cc2ccccn2)CC1)c1ccccn1. The molecule has 3 heterocycles. The first-order chi connectivity index (χ1) is 18.0. The van der Waals surface area contributed by atoms with Crippen LogP contribution >= 0.6 is 11.6 Å². The van der Waals surface area contributed by atoms with Crippen LogP contribution in [0.2, 0.25) is 5.02 Å². The van der Waals surface area contributed by atoms with E-state index >= 15 is 0 Å². The monoisotopic (exact) mass is 517 g/mol. The highest BCUT2D eigenvalue weighted by Gasteiger charge is 2.37. The molecule has 2 N–H and O–H groups in total. The number of anilines is 1. The Bertz CT molecular complexity index is 1280. The van der Waals surface area contributed by atoms with Crippen LogP contribution in [0.25, 0.3) is 0 Å². The lowest BCUT2D eigenvalue weighted by Gasteiger charge is -2.35. The van der Waals surface area contributed by atoms with Crippen molar-refractivity contribution in [2.45, 2.75) is 44.2 Å². The maximum atomic E-state index is 13.7. The van der Waals surface area contributed by atoms with E-state index in [9.17, 15) is 14.4 Å². The molecule has 190 valence electrons. The van der Waals surface area contributed by atoms with Crippen molar-refractivity contribution in [3.8, 4) is 0 Å². The van der Waals surface area contributed by atoms with Crippen LogP contribution in [0.3, 0.4) is 0 Å². The predicted octanol–water partition coefficient (Wildman–Crippen LogP) is 4.12. The van der Waals surface area contributed by atoms with Crippen LogP contribution in [0.1, 0.15) is 52.2 Å². The van der Waals surface area contributed by atoms with Crippen LogP contribution in [-0.4, -0.2) is 51.2 Å². The standard InChI is InChI=1S/C28H28ClN5O3/c29-19-9-12-22-24(15-19)33-27(36)25(16-21-5-1-3-13-30-21)34(28(22)37)17-18-7-10-20(11-8-18)32-26(35)23-6-2-4-14-31-23/h1-6,9,12-15,18,20,25H,7-8,10-11,16-17H2,(H,32,35)(H,33,36)/t18?,20?,25-/m1/s1. The summed E-state index contributed by atoms with van der Waals surface area (Å²) >= 11 is 6.15. The number of nitrogens with one attached hydrogen (secondary N) is 2. The Balaban J connectivity index is 1.31. The highest BCUT2D eigenvalue weighted by atomic mass is 35.5. The Kier molecular flexibility index (Phi) is 7.46. The molecule has 0 spiro atoms. The number of nitrogens with zero attached hydrogens (tertiary/aromatic N) is 3. The highest BCUT2D eigenvalue weighted by molar-refractivity contribution is 6.31. The number of hydrogen-bond donors (Lipinski definition) is 2. The van der Waals surface area contributed by atoms with Crippen molar-refractivity contribution in [3.05, 3.63) is 89.0 Å². The molecule has 2 aromatic heterocycles. The van der Waals surface area contributed by atoms with Crippen molar-refractivity contribution in [1.29, 1.82) is 0 Å². The van der Waals surface area contributed by atoms with E-state index in [0.717, 1.165) is 31.4 Å². The van der Waals surface area contributed by atoms with Crippen molar-refractivity contribution in [2.24, 2.45) is 5.92 Å². The lowest BCUT2D eigenvalue weighted by Crippen LogP contribution is -2.49. The molecule has 1 atom stereocenters. The molecule has 0 radical (unpaired) electrons. The van der Waals surface area contributed by atoms with E-state index in [2.05, 4.69) is 20.6 Å². The molecule has 0 unspecified atom stereocenters. The second-order valence-corrected chi connectivity index (χ2v) is 10.0. The molecular formula is C28H28ClN5O3. The molecule has 3 amide bonds. The lowest BCUT2D eigenvalue weighted by atomic mass is 9.85. The zero-order valence-corrected chi connectivity index (χ0v) is 21.0. The van der Waals surface area contributed by atoms with Gasteiger partial charge in [0.25, 0.3) is 11.8 Å². The average molecular weight is 518 g/mol. The maximum Gasteiger partial charge on any atom is 0.270 e. The van der Waals surface area contributed by atoms with E-state index < -0.39 is 6.04 Å². The van der Waals surface area contributed by atoms with Gasteiger partial charge in [0.1, 0.15) is 11.7 Å². The first kappa shape index (κ1) is 24.9. The van der Waals surface area contributed by atoms with Gasteiger partial charge < -0.3 is 15.5 Å². The summed E-state index contributed by atoms with van der Waals surface area (Å²) < 4.78 is 0. The summed E-state index contributed by atoms with van der Waals surface area (Å²) in [6.07, 6.45) is 6.88. The van der Waals surface area contributed by atoms with Gasteiger partial charge in [-0.05, 0) is 74.1 Å². The summed E-state index contributed by atoms with van der Waals surface area (Å²) in [5.41, 5.74) is 2.00. The average Bonchev–Trinajstić information content (AvgIpc) is 3.00. The van der Waals surface area contributed by atoms with E-state index in [4.69, 9.17) is 11.6 Å². The van der Waals surface area contributed by atoms with Gasteiger partial charge in [-0.3, -0.25) is 24.4 Å². The van der Waals surface area contributed by atoms with Gasteiger partial charge in [0, 0.05) is 42.1 Å².